The Morgan fingerprint density at radius 1 is 1.11 bits per heavy atom. The van der Waals surface area contributed by atoms with Crippen LogP contribution in [0.1, 0.15) is 16.7 Å². The van der Waals surface area contributed by atoms with Crippen molar-refractivity contribution in [1.82, 2.24) is 0 Å². The second-order valence-electron chi connectivity index (χ2n) is 7.33. The molecule has 0 atom stereocenters. The van der Waals surface area contributed by atoms with Crippen molar-refractivity contribution in [2.75, 3.05) is 12.4 Å². The Bertz CT molecular complexity index is 1350. The van der Waals surface area contributed by atoms with Crippen molar-refractivity contribution >= 4 is 23.4 Å². The molecule has 0 heterocycles. The Balaban J connectivity index is 1.74. The average Bonchev–Trinajstić information content (AvgIpc) is 2.86. The van der Waals surface area contributed by atoms with Crippen LogP contribution in [0.2, 0.25) is 0 Å². The van der Waals surface area contributed by atoms with Crippen LogP contribution in [0.25, 0.3) is 6.08 Å². The summed E-state index contributed by atoms with van der Waals surface area (Å²) in [5.74, 6) is -0.240. The zero-order valence-corrected chi connectivity index (χ0v) is 18.7. The van der Waals surface area contributed by atoms with Crippen molar-refractivity contribution in [2.24, 2.45) is 0 Å². The molecule has 0 fully saturated rings. The van der Waals surface area contributed by atoms with E-state index in [1.807, 2.05) is 0 Å². The van der Waals surface area contributed by atoms with Gasteiger partial charge in [-0.2, -0.15) is 18.4 Å². The number of benzene rings is 3. The number of anilines is 1. The minimum atomic E-state index is -4.58. The summed E-state index contributed by atoms with van der Waals surface area (Å²) in [6.45, 7) is 0.104. The number of nitro groups is 1. The molecule has 0 bridgehead atoms. The van der Waals surface area contributed by atoms with E-state index in [2.05, 4.69) is 5.32 Å². The zero-order valence-electron chi connectivity index (χ0n) is 18.7. The summed E-state index contributed by atoms with van der Waals surface area (Å²) >= 11 is 0. The molecule has 0 aliphatic heterocycles. The summed E-state index contributed by atoms with van der Waals surface area (Å²) < 4.78 is 49.7. The van der Waals surface area contributed by atoms with Gasteiger partial charge in [-0.3, -0.25) is 14.9 Å². The zero-order chi connectivity index (χ0) is 26.3. The third-order valence-electron chi connectivity index (χ3n) is 4.85. The largest absolute Gasteiger partial charge is 0.493 e. The van der Waals surface area contributed by atoms with Gasteiger partial charge in [0.2, 0.25) is 0 Å². The number of carbonyl (C=O) groups excluding carboxylic acids is 1. The molecule has 0 aliphatic carbocycles. The molecule has 184 valence electrons. The number of hydrogen-bond acceptors (Lipinski definition) is 6. The monoisotopic (exact) mass is 497 g/mol. The van der Waals surface area contributed by atoms with Crippen LogP contribution >= 0.6 is 0 Å². The summed E-state index contributed by atoms with van der Waals surface area (Å²) in [4.78, 5) is 22.7. The van der Waals surface area contributed by atoms with Gasteiger partial charge in [-0.05, 0) is 59.7 Å². The number of nitrogens with zero attached hydrogens (tertiary/aromatic N) is 2. The molecule has 1 N–H and O–H groups in total. The number of alkyl halides is 3. The summed E-state index contributed by atoms with van der Waals surface area (Å²) in [6.07, 6.45) is -3.32. The number of nitro benzene ring substituents is 1. The molecule has 0 saturated heterocycles. The number of ether oxygens (including phenoxy) is 2. The highest BCUT2D eigenvalue weighted by Crippen LogP contribution is 2.31. The standard InChI is InChI=1S/C25H18F3N3O5/c1-35-23-12-17(7-10-22(23)36-15-16-5-8-21(9-6-16)31(33)34)11-18(14-29)24(32)30-20-4-2-3-19(13-20)25(26,27)28/h2-13H,15H2,1H3,(H,30,32). The fourth-order valence-electron chi connectivity index (χ4n) is 3.06. The smallest absolute Gasteiger partial charge is 0.416 e. The number of nitriles is 1. The van der Waals surface area contributed by atoms with Crippen molar-refractivity contribution in [2.45, 2.75) is 12.8 Å². The van der Waals surface area contributed by atoms with Gasteiger partial charge in [0.25, 0.3) is 11.6 Å². The van der Waals surface area contributed by atoms with E-state index in [1.54, 1.807) is 30.3 Å². The molecule has 3 rings (SSSR count). The number of rotatable bonds is 8. The van der Waals surface area contributed by atoms with Gasteiger partial charge in [0.05, 0.1) is 17.6 Å². The highest BCUT2D eigenvalue weighted by atomic mass is 19.4. The van der Waals surface area contributed by atoms with E-state index in [9.17, 15) is 33.3 Å². The van der Waals surface area contributed by atoms with Crippen molar-refractivity contribution < 1.29 is 32.4 Å². The van der Waals surface area contributed by atoms with Gasteiger partial charge >= 0.3 is 6.18 Å². The van der Waals surface area contributed by atoms with E-state index in [0.29, 0.717) is 22.6 Å². The lowest BCUT2D eigenvalue weighted by atomic mass is 10.1. The minimum Gasteiger partial charge on any atom is -0.493 e. The van der Waals surface area contributed by atoms with Crippen molar-refractivity contribution in [3.05, 3.63) is 99.1 Å². The molecule has 0 unspecified atom stereocenters. The quantitative estimate of drug-likeness (QED) is 0.184. The maximum Gasteiger partial charge on any atom is 0.416 e. The molecule has 36 heavy (non-hydrogen) atoms. The number of amides is 1. The number of non-ortho nitro benzene ring substituents is 1. The fourth-order valence-corrected chi connectivity index (χ4v) is 3.06. The van der Waals surface area contributed by atoms with Gasteiger partial charge in [-0.15, -0.1) is 0 Å². The van der Waals surface area contributed by atoms with Crippen molar-refractivity contribution in [3.63, 3.8) is 0 Å². The lowest BCUT2D eigenvalue weighted by Gasteiger charge is -2.12. The van der Waals surface area contributed by atoms with Gasteiger partial charge in [-0.1, -0.05) is 12.1 Å². The SMILES string of the molecule is COc1cc(C=C(C#N)C(=O)Nc2cccc(C(F)(F)F)c2)ccc1OCc1ccc([N+](=O)[O-])cc1. The number of halogens is 3. The molecule has 8 nitrogen and oxygen atoms in total. The number of hydrogen-bond donors (Lipinski definition) is 1. The molecule has 0 saturated carbocycles. The van der Waals surface area contributed by atoms with Crippen LogP contribution in [0.3, 0.4) is 0 Å². The molecular weight excluding hydrogens is 479 g/mol. The average molecular weight is 497 g/mol. The maximum absolute atomic E-state index is 12.9. The topological polar surface area (TPSA) is 114 Å². The van der Waals surface area contributed by atoms with Crippen LogP contribution in [0, 0.1) is 21.4 Å². The molecule has 1 amide bonds. The molecule has 11 heteroatoms. The fraction of sp³-hybridized carbons (Fsp3) is 0.120. The number of carbonyl (C=O) groups is 1. The van der Waals surface area contributed by atoms with E-state index in [0.717, 1.165) is 18.2 Å². The van der Waals surface area contributed by atoms with E-state index < -0.39 is 22.6 Å². The van der Waals surface area contributed by atoms with Gasteiger partial charge in [0.15, 0.2) is 11.5 Å². The molecular formula is C25H18F3N3O5. The van der Waals surface area contributed by atoms with Gasteiger partial charge in [-0.25, -0.2) is 0 Å². The molecule has 3 aromatic carbocycles. The Kier molecular flexibility index (Phi) is 7.91. The molecule has 0 spiro atoms. The van der Waals surface area contributed by atoms with Crippen LogP contribution in [0.5, 0.6) is 11.5 Å². The maximum atomic E-state index is 12.9. The summed E-state index contributed by atoms with van der Waals surface area (Å²) in [5.41, 5.74) is -0.331. The van der Waals surface area contributed by atoms with Crippen LogP contribution in [-0.2, 0) is 17.6 Å². The highest BCUT2D eigenvalue weighted by molar-refractivity contribution is 6.09. The molecule has 0 aliphatic rings. The van der Waals surface area contributed by atoms with E-state index in [4.69, 9.17) is 9.47 Å². The second-order valence-corrected chi connectivity index (χ2v) is 7.33. The van der Waals surface area contributed by atoms with Crippen LogP contribution in [0.4, 0.5) is 24.5 Å². The third-order valence-corrected chi connectivity index (χ3v) is 4.85. The van der Waals surface area contributed by atoms with Crippen molar-refractivity contribution in [3.8, 4) is 17.6 Å². The van der Waals surface area contributed by atoms with Crippen LogP contribution in [-0.4, -0.2) is 17.9 Å². The first kappa shape index (κ1) is 25.8. The van der Waals surface area contributed by atoms with Crippen molar-refractivity contribution in [1.29, 1.82) is 5.26 Å². The summed E-state index contributed by atoms with van der Waals surface area (Å²) in [7, 11) is 1.40. The first-order valence-electron chi connectivity index (χ1n) is 10.3. The first-order chi connectivity index (χ1) is 17.1. The predicted molar refractivity (Wildman–Crippen MR) is 124 cm³/mol. The molecule has 3 aromatic rings. The van der Waals surface area contributed by atoms with E-state index >= 15 is 0 Å². The van der Waals surface area contributed by atoms with Crippen LogP contribution < -0.4 is 14.8 Å². The first-order valence-corrected chi connectivity index (χ1v) is 10.3. The van der Waals surface area contributed by atoms with Gasteiger partial charge < -0.3 is 14.8 Å². The lowest BCUT2D eigenvalue weighted by Crippen LogP contribution is -2.14. The Morgan fingerprint density at radius 3 is 2.44 bits per heavy atom. The number of nitrogens with one attached hydrogen (secondary N) is 1. The third kappa shape index (κ3) is 6.60. The van der Waals surface area contributed by atoms with Crippen LogP contribution in [0.15, 0.2) is 72.3 Å². The normalized spacial score (nSPS) is 11.4. The number of methoxy groups -OCH3 is 1. The minimum absolute atomic E-state index is 0.0436. The summed E-state index contributed by atoms with van der Waals surface area (Å²) in [5, 5.41) is 22.5. The Morgan fingerprint density at radius 2 is 1.83 bits per heavy atom. The van der Waals surface area contributed by atoms with E-state index in [-0.39, 0.29) is 23.6 Å². The van der Waals surface area contributed by atoms with E-state index in [1.165, 1.54) is 37.5 Å². The second kappa shape index (κ2) is 11.1. The highest BCUT2D eigenvalue weighted by Gasteiger charge is 2.30. The molecule has 0 radical (unpaired) electrons. The Hall–Kier alpha value is -4.85. The Labute approximate surface area is 203 Å². The lowest BCUT2D eigenvalue weighted by molar-refractivity contribution is -0.384. The predicted octanol–water partition coefficient (Wildman–Crippen LogP) is 5.75. The van der Waals surface area contributed by atoms with Gasteiger partial charge in [0.1, 0.15) is 18.2 Å². The molecule has 0 aromatic heterocycles. The summed E-state index contributed by atoms with van der Waals surface area (Å²) in [6, 6.07) is 16.3. The van der Waals surface area contributed by atoms with Gasteiger partial charge in [0, 0.05) is 17.8 Å².